The van der Waals surface area contributed by atoms with E-state index in [2.05, 4.69) is 46.0 Å². The number of amides is 1. The first kappa shape index (κ1) is 20.5. The van der Waals surface area contributed by atoms with Gasteiger partial charge in [-0.2, -0.15) is 9.97 Å². The smallest absolute Gasteiger partial charge is 0.318 e. The molecular weight excluding hydrogens is 434 g/mol. The van der Waals surface area contributed by atoms with Crippen molar-refractivity contribution < 1.29 is 9.53 Å². The lowest BCUT2D eigenvalue weighted by Gasteiger charge is -2.38. The van der Waals surface area contributed by atoms with E-state index < -0.39 is 0 Å². The third kappa shape index (κ3) is 3.93. The Bertz CT molecular complexity index is 1210. The Labute approximate surface area is 197 Å². The van der Waals surface area contributed by atoms with E-state index in [-0.39, 0.29) is 12.0 Å². The number of benzene rings is 1. The summed E-state index contributed by atoms with van der Waals surface area (Å²) in [6.07, 6.45) is 4.68. The molecule has 7 nitrogen and oxygen atoms in total. The number of rotatable bonds is 5. The number of hydrogen-bond donors (Lipinski definition) is 0. The Kier molecular flexibility index (Phi) is 5.17. The van der Waals surface area contributed by atoms with Gasteiger partial charge in [0.1, 0.15) is 11.9 Å². The molecule has 0 bridgehead atoms. The normalized spacial score (nSPS) is 18.4. The molecule has 3 aliphatic rings. The van der Waals surface area contributed by atoms with Gasteiger partial charge in [0.15, 0.2) is 0 Å². The number of carbonyl (C=O) groups is 1. The standard InChI is InChI=1S/C25H27N5O2S/c1-2-23(31)28-11-13-29(14-12-28)24-18-8-10-30(21-4-3-5-22-19(21)9-15-33-22)16-20(18)26-25(27-24)32-17-6-7-17/h2-5,9,15,17H,1,6-8,10-14,16H2. The molecule has 1 saturated heterocycles. The summed E-state index contributed by atoms with van der Waals surface area (Å²) in [6, 6.07) is 9.23. The summed E-state index contributed by atoms with van der Waals surface area (Å²) < 4.78 is 7.37. The molecule has 0 N–H and O–H groups in total. The number of anilines is 2. The quantitative estimate of drug-likeness (QED) is 0.541. The van der Waals surface area contributed by atoms with Crippen molar-refractivity contribution >= 4 is 38.8 Å². The third-order valence-electron chi connectivity index (χ3n) is 6.70. The minimum atomic E-state index is -0.00429. The molecule has 2 aromatic heterocycles. The Hall–Kier alpha value is -3.13. The molecule has 1 saturated carbocycles. The van der Waals surface area contributed by atoms with Crippen molar-refractivity contribution in [2.75, 3.05) is 42.5 Å². The van der Waals surface area contributed by atoms with Gasteiger partial charge >= 0.3 is 6.01 Å². The Morgan fingerprint density at radius 3 is 2.73 bits per heavy atom. The second-order valence-electron chi connectivity index (χ2n) is 8.87. The van der Waals surface area contributed by atoms with E-state index in [0.29, 0.717) is 19.1 Å². The maximum Gasteiger partial charge on any atom is 0.318 e. The number of carbonyl (C=O) groups excluding carboxylic acids is 1. The molecule has 2 aliphatic heterocycles. The van der Waals surface area contributed by atoms with E-state index in [0.717, 1.165) is 57.0 Å². The molecule has 0 radical (unpaired) electrons. The summed E-state index contributed by atoms with van der Waals surface area (Å²) in [5.41, 5.74) is 3.54. The van der Waals surface area contributed by atoms with E-state index >= 15 is 0 Å². The summed E-state index contributed by atoms with van der Waals surface area (Å²) in [4.78, 5) is 28.3. The molecule has 8 heteroatoms. The lowest BCUT2D eigenvalue weighted by molar-refractivity contribution is -0.126. The lowest BCUT2D eigenvalue weighted by atomic mass is 10.0. The molecule has 0 unspecified atom stereocenters. The van der Waals surface area contributed by atoms with Crippen LogP contribution in [0.5, 0.6) is 6.01 Å². The van der Waals surface area contributed by atoms with Gasteiger partial charge in [0, 0.05) is 54.1 Å². The van der Waals surface area contributed by atoms with Gasteiger partial charge in [-0.1, -0.05) is 12.6 Å². The zero-order chi connectivity index (χ0) is 22.4. The van der Waals surface area contributed by atoms with Crippen LogP contribution in [-0.2, 0) is 17.8 Å². The summed E-state index contributed by atoms with van der Waals surface area (Å²) in [6.45, 7) is 8.15. The van der Waals surface area contributed by atoms with Gasteiger partial charge in [0.25, 0.3) is 0 Å². The number of piperazine rings is 1. The molecule has 1 aromatic carbocycles. The largest absolute Gasteiger partial charge is 0.460 e. The van der Waals surface area contributed by atoms with Gasteiger partial charge in [-0.25, -0.2) is 0 Å². The van der Waals surface area contributed by atoms with Gasteiger partial charge in [0.2, 0.25) is 5.91 Å². The van der Waals surface area contributed by atoms with Gasteiger partial charge < -0.3 is 19.4 Å². The highest BCUT2D eigenvalue weighted by Crippen LogP contribution is 2.36. The molecule has 0 atom stereocenters. The first-order chi connectivity index (χ1) is 16.2. The lowest BCUT2D eigenvalue weighted by Crippen LogP contribution is -2.49. The molecule has 0 spiro atoms. The van der Waals surface area contributed by atoms with Crippen molar-refractivity contribution in [1.29, 1.82) is 0 Å². The predicted octanol–water partition coefficient (Wildman–Crippen LogP) is 3.63. The monoisotopic (exact) mass is 461 g/mol. The summed E-state index contributed by atoms with van der Waals surface area (Å²) >= 11 is 1.78. The maximum absolute atomic E-state index is 12.0. The molecule has 170 valence electrons. The van der Waals surface area contributed by atoms with Crippen LogP contribution in [-0.4, -0.2) is 59.6 Å². The number of fused-ring (bicyclic) bond motifs is 2. The zero-order valence-electron chi connectivity index (χ0n) is 18.6. The molecule has 4 heterocycles. The SMILES string of the molecule is C=CC(=O)N1CCN(c2nc(OC3CC3)nc3c2CCN(c2cccc4sccc24)C3)CC1. The van der Waals surface area contributed by atoms with E-state index in [1.807, 2.05) is 4.90 Å². The minimum Gasteiger partial charge on any atom is -0.460 e. The van der Waals surface area contributed by atoms with E-state index in [1.54, 1.807) is 11.3 Å². The maximum atomic E-state index is 12.0. The van der Waals surface area contributed by atoms with Gasteiger partial charge in [-0.05, 0) is 48.9 Å². The second kappa shape index (κ2) is 8.33. The highest BCUT2D eigenvalue weighted by Gasteiger charge is 2.31. The van der Waals surface area contributed by atoms with Gasteiger partial charge in [-0.3, -0.25) is 4.79 Å². The van der Waals surface area contributed by atoms with Crippen LogP contribution in [0.2, 0.25) is 0 Å². The fraction of sp³-hybridized carbons (Fsp3) is 0.400. The average Bonchev–Trinajstić information content (AvgIpc) is 3.54. The van der Waals surface area contributed by atoms with Crippen LogP contribution in [0.3, 0.4) is 0 Å². The third-order valence-corrected chi connectivity index (χ3v) is 7.58. The van der Waals surface area contributed by atoms with E-state index in [4.69, 9.17) is 14.7 Å². The number of ether oxygens (including phenoxy) is 1. The van der Waals surface area contributed by atoms with Crippen molar-refractivity contribution in [2.24, 2.45) is 0 Å². The zero-order valence-corrected chi connectivity index (χ0v) is 19.4. The van der Waals surface area contributed by atoms with Crippen molar-refractivity contribution in [3.63, 3.8) is 0 Å². The highest BCUT2D eigenvalue weighted by atomic mass is 32.1. The van der Waals surface area contributed by atoms with E-state index in [1.165, 1.54) is 27.4 Å². The van der Waals surface area contributed by atoms with Crippen LogP contribution in [0, 0.1) is 0 Å². The molecule has 3 aromatic rings. The Morgan fingerprint density at radius 1 is 1.09 bits per heavy atom. The summed E-state index contributed by atoms with van der Waals surface area (Å²) in [5, 5.41) is 3.46. The minimum absolute atomic E-state index is 0.00429. The van der Waals surface area contributed by atoms with Crippen molar-refractivity contribution in [1.82, 2.24) is 14.9 Å². The number of nitrogens with zero attached hydrogens (tertiary/aromatic N) is 5. The summed E-state index contributed by atoms with van der Waals surface area (Å²) in [7, 11) is 0. The van der Waals surface area contributed by atoms with Crippen LogP contribution in [0.1, 0.15) is 24.1 Å². The van der Waals surface area contributed by atoms with Crippen LogP contribution in [0.4, 0.5) is 11.5 Å². The predicted molar refractivity (Wildman–Crippen MR) is 131 cm³/mol. The number of aromatic nitrogens is 2. The molecular formula is C25H27N5O2S. The molecule has 33 heavy (non-hydrogen) atoms. The molecule has 2 fully saturated rings. The highest BCUT2D eigenvalue weighted by molar-refractivity contribution is 7.17. The fourth-order valence-corrected chi connectivity index (χ4v) is 5.57. The van der Waals surface area contributed by atoms with Crippen molar-refractivity contribution in [3.05, 3.63) is 53.6 Å². The van der Waals surface area contributed by atoms with Gasteiger partial charge in [0.05, 0.1) is 12.2 Å². The molecule has 1 aliphatic carbocycles. The molecule has 6 rings (SSSR count). The first-order valence-corrected chi connectivity index (χ1v) is 12.5. The fourth-order valence-electron chi connectivity index (χ4n) is 4.76. The van der Waals surface area contributed by atoms with Crippen LogP contribution in [0.25, 0.3) is 10.1 Å². The number of hydrogen-bond acceptors (Lipinski definition) is 7. The number of thiophene rings is 1. The van der Waals surface area contributed by atoms with Crippen molar-refractivity contribution in [2.45, 2.75) is 31.9 Å². The Morgan fingerprint density at radius 2 is 1.94 bits per heavy atom. The topological polar surface area (TPSA) is 61.8 Å². The second-order valence-corrected chi connectivity index (χ2v) is 9.82. The van der Waals surface area contributed by atoms with E-state index in [9.17, 15) is 4.79 Å². The first-order valence-electron chi connectivity index (χ1n) is 11.6. The van der Waals surface area contributed by atoms with Crippen LogP contribution >= 0.6 is 11.3 Å². The van der Waals surface area contributed by atoms with Crippen LogP contribution < -0.4 is 14.5 Å². The van der Waals surface area contributed by atoms with Crippen molar-refractivity contribution in [3.8, 4) is 6.01 Å². The average molecular weight is 462 g/mol. The summed E-state index contributed by atoms with van der Waals surface area (Å²) in [5.74, 6) is 0.977. The Balaban J connectivity index is 1.31. The van der Waals surface area contributed by atoms with Crippen LogP contribution in [0.15, 0.2) is 42.3 Å². The molecule has 1 amide bonds. The van der Waals surface area contributed by atoms with Gasteiger partial charge in [-0.15, -0.1) is 11.3 Å².